The first-order chi connectivity index (χ1) is 16.5. The summed E-state index contributed by atoms with van der Waals surface area (Å²) in [5.74, 6) is -11.3. The summed E-state index contributed by atoms with van der Waals surface area (Å²) >= 11 is 0. The Hall–Kier alpha value is -0.940. The first kappa shape index (κ1) is 35.1. The molecular formula is C20H32F10O6. The van der Waals surface area contributed by atoms with Crippen molar-refractivity contribution in [3.05, 3.63) is 0 Å². The van der Waals surface area contributed by atoms with Crippen molar-refractivity contribution in [1.29, 1.82) is 0 Å². The molecule has 0 spiro atoms. The molecule has 0 aliphatic carbocycles. The molecule has 0 radical (unpaired) electrons. The van der Waals surface area contributed by atoms with Crippen molar-refractivity contribution in [2.24, 2.45) is 17.8 Å². The van der Waals surface area contributed by atoms with Gasteiger partial charge >= 0.3 is 24.2 Å². The van der Waals surface area contributed by atoms with Gasteiger partial charge in [0.1, 0.15) is 0 Å². The second-order valence-electron chi connectivity index (χ2n) is 8.33. The van der Waals surface area contributed by atoms with E-state index in [0.29, 0.717) is 0 Å². The Labute approximate surface area is 201 Å². The van der Waals surface area contributed by atoms with E-state index in [-0.39, 0.29) is 45.6 Å². The third-order valence-electron chi connectivity index (χ3n) is 4.69. The summed E-state index contributed by atoms with van der Waals surface area (Å²) in [6.07, 6.45) is -14.5. The number of alkyl halides is 10. The predicted molar refractivity (Wildman–Crippen MR) is 105 cm³/mol. The van der Waals surface area contributed by atoms with Crippen molar-refractivity contribution in [2.45, 2.75) is 44.0 Å². The number of hydrogen-bond acceptors (Lipinski definition) is 6. The summed E-state index contributed by atoms with van der Waals surface area (Å²) in [6, 6.07) is 0. The summed E-state index contributed by atoms with van der Waals surface area (Å²) in [5, 5.41) is 18.5. The van der Waals surface area contributed by atoms with Crippen molar-refractivity contribution in [1.82, 2.24) is 0 Å². The van der Waals surface area contributed by atoms with Gasteiger partial charge in [-0.2, -0.15) is 43.9 Å². The van der Waals surface area contributed by atoms with E-state index in [1.807, 2.05) is 0 Å². The average Bonchev–Trinajstić information content (AvgIpc) is 2.75. The highest BCUT2D eigenvalue weighted by Crippen LogP contribution is 2.38. The van der Waals surface area contributed by atoms with Crippen LogP contribution in [0, 0.1) is 17.8 Å². The lowest BCUT2D eigenvalue weighted by molar-refractivity contribution is -0.287. The molecule has 0 aromatic rings. The van der Waals surface area contributed by atoms with Gasteiger partial charge in [-0.25, -0.2) is 0 Å². The minimum Gasteiger partial charge on any atom is -0.396 e. The molecule has 0 fully saturated rings. The molecule has 0 aliphatic heterocycles. The van der Waals surface area contributed by atoms with Crippen LogP contribution in [0.5, 0.6) is 0 Å². The van der Waals surface area contributed by atoms with Gasteiger partial charge in [0.05, 0.1) is 66.1 Å². The molecular weight excluding hydrogens is 526 g/mol. The summed E-state index contributed by atoms with van der Waals surface area (Å²) in [5.41, 5.74) is 0. The van der Waals surface area contributed by atoms with Gasteiger partial charge in [-0.15, -0.1) is 0 Å². The highest BCUT2D eigenvalue weighted by molar-refractivity contribution is 4.76. The summed E-state index contributed by atoms with van der Waals surface area (Å²) in [4.78, 5) is 0. The number of hydrogen-bond donors (Lipinski definition) is 2. The third kappa shape index (κ3) is 14.1. The standard InChI is InChI=1S/C20H32F10O6/c1-14(8-35-12-15(6-31)10-33-4-2-17(21,22)19(25,26)27)9-36-13-16(7-32)11-34-5-3-18(23,24)20(28,29)30/h14-16,31-32H,2-13H2,1H3. The minimum atomic E-state index is -5.67. The number of halogens is 10. The minimum absolute atomic E-state index is 0.0772. The normalized spacial score (nSPS) is 16.2. The highest BCUT2D eigenvalue weighted by atomic mass is 19.4. The quantitative estimate of drug-likeness (QED) is 0.173. The van der Waals surface area contributed by atoms with Crippen LogP contribution in [0.2, 0.25) is 0 Å². The number of aliphatic hydroxyl groups excluding tert-OH is 2. The van der Waals surface area contributed by atoms with Crippen molar-refractivity contribution < 1.29 is 73.1 Å². The molecule has 2 atom stereocenters. The van der Waals surface area contributed by atoms with Crippen molar-refractivity contribution in [2.75, 3.05) is 66.1 Å². The van der Waals surface area contributed by atoms with E-state index in [2.05, 4.69) is 0 Å². The number of ether oxygens (including phenoxy) is 4. The Balaban J connectivity index is 4.04. The maximum absolute atomic E-state index is 12.8. The lowest BCUT2D eigenvalue weighted by atomic mass is 10.2. The summed E-state index contributed by atoms with van der Waals surface area (Å²) in [6.45, 7) is -1.51. The molecule has 0 heterocycles. The number of aliphatic hydroxyl groups is 2. The SMILES string of the molecule is CC(COCC(CO)COCCC(F)(F)C(F)(F)F)COCC(CO)COCCC(F)(F)C(F)(F)F. The Morgan fingerprint density at radius 3 is 1.11 bits per heavy atom. The molecule has 2 N–H and O–H groups in total. The van der Waals surface area contributed by atoms with Crippen LogP contribution in [0.3, 0.4) is 0 Å². The molecule has 36 heavy (non-hydrogen) atoms. The van der Waals surface area contributed by atoms with Crippen LogP contribution >= 0.6 is 0 Å². The Kier molecular flexibility index (Phi) is 15.7. The lowest BCUT2D eigenvalue weighted by Gasteiger charge is -2.21. The molecule has 0 bridgehead atoms. The molecule has 0 aromatic heterocycles. The molecule has 6 nitrogen and oxygen atoms in total. The van der Waals surface area contributed by atoms with Crippen LogP contribution in [0.4, 0.5) is 43.9 Å². The van der Waals surface area contributed by atoms with E-state index in [4.69, 9.17) is 18.9 Å². The second-order valence-corrected chi connectivity index (χ2v) is 8.33. The second kappa shape index (κ2) is 16.1. The van der Waals surface area contributed by atoms with E-state index in [1.54, 1.807) is 6.92 Å². The van der Waals surface area contributed by atoms with Gasteiger partial charge in [-0.05, 0) is 0 Å². The maximum atomic E-state index is 12.8. The molecule has 0 aromatic carbocycles. The summed E-state index contributed by atoms with van der Waals surface area (Å²) < 4.78 is 144. The molecule has 218 valence electrons. The van der Waals surface area contributed by atoms with Crippen LogP contribution in [0.15, 0.2) is 0 Å². The first-order valence-electron chi connectivity index (χ1n) is 10.9. The highest BCUT2D eigenvalue weighted by Gasteiger charge is 2.57. The molecule has 16 heteroatoms. The van der Waals surface area contributed by atoms with E-state index >= 15 is 0 Å². The topological polar surface area (TPSA) is 77.4 Å². The molecule has 0 amide bonds. The van der Waals surface area contributed by atoms with Gasteiger partial charge in [0.25, 0.3) is 0 Å². The Morgan fingerprint density at radius 1 is 0.528 bits per heavy atom. The molecule has 2 unspecified atom stereocenters. The Bertz CT molecular complexity index is 526. The smallest absolute Gasteiger partial charge is 0.396 e. The first-order valence-corrected chi connectivity index (χ1v) is 10.9. The van der Waals surface area contributed by atoms with E-state index < -0.39 is 75.3 Å². The molecule has 0 saturated heterocycles. The van der Waals surface area contributed by atoms with Crippen LogP contribution in [0.25, 0.3) is 0 Å². The lowest BCUT2D eigenvalue weighted by Crippen LogP contribution is -2.37. The zero-order valence-corrected chi connectivity index (χ0v) is 19.5. The van der Waals surface area contributed by atoms with Gasteiger partial charge in [0, 0.05) is 30.6 Å². The van der Waals surface area contributed by atoms with Crippen molar-refractivity contribution >= 4 is 0 Å². The molecule has 0 saturated carbocycles. The summed E-state index contributed by atoms with van der Waals surface area (Å²) in [7, 11) is 0. The van der Waals surface area contributed by atoms with Gasteiger partial charge in [0.2, 0.25) is 0 Å². The van der Waals surface area contributed by atoms with E-state index in [1.165, 1.54) is 0 Å². The predicted octanol–water partition coefficient (Wildman–Crippen LogP) is 4.08. The Morgan fingerprint density at radius 2 is 0.833 bits per heavy atom. The van der Waals surface area contributed by atoms with E-state index in [9.17, 15) is 54.1 Å². The van der Waals surface area contributed by atoms with Crippen LogP contribution in [0.1, 0.15) is 19.8 Å². The van der Waals surface area contributed by atoms with Crippen molar-refractivity contribution in [3.63, 3.8) is 0 Å². The van der Waals surface area contributed by atoms with E-state index in [0.717, 1.165) is 0 Å². The fourth-order valence-electron chi connectivity index (χ4n) is 2.41. The van der Waals surface area contributed by atoms with Crippen LogP contribution < -0.4 is 0 Å². The van der Waals surface area contributed by atoms with Gasteiger partial charge < -0.3 is 29.2 Å². The monoisotopic (exact) mass is 558 g/mol. The van der Waals surface area contributed by atoms with Crippen LogP contribution in [-0.4, -0.2) is 100 Å². The van der Waals surface area contributed by atoms with Gasteiger partial charge in [-0.1, -0.05) is 6.92 Å². The van der Waals surface area contributed by atoms with Crippen molar-refractivity contribution in [3.8, 4) is 0 Å². The fraction of sp³-hybridized carbons (Fsp3) is 1.00. The average molecular weight is 558 g/mol. The van der Waals surface area contributed by atoms with Crippen LogP contribution in [-0.2, 0) is 18.9 Å². The van der Waals surface area contributed by atoms with Gasteiger partial charge in [-0.3, -0.25) is 0 Å². The number of rotatable bonds is 20. The largest absolute Gasteiger partial charge is 0.453 e. The zero-order valence-electron chi connectivity index (χ0n) is 19.5. The van der Waals surface area contributed by atoms with Gasteiger partial charge in [0.15, 0.2) is 0 Å². The zero-order chi connectivity index (χ0) is 28.0. The molecule has 0 aliphatic rings. The maximum Gasteiger partial charge on any atom is 0.453 e. The molecule has 0 rings (SSSR count). The fourth-order valence-corrected chi connectivity index (χ4v) is 2.41. The third-order valence-corrected chi connectivity index (χ3v) is 4.69.